The van der Waals surface area contributed by atoms with Gasteiger partial charge in [0.2, 0.25) is 0 Å². The maximum absolute atomic E-state index is 12.6. The molecule has 2 unspecified atom stereocenters. The summed E-state index contributed by atoms with van der Waals surface area (Å²) < 4.78 is 21.8. The molecular weight excluding hydrogens is 595 g/mol. The quantitative estimate of drug-likeness (QED) is 0.0656. The third kappa shape index (κ3) is 23.2. The van der Waals surface area contributed by atoms with E-state index in [0.29, 0.717) is 26.2 Å². The van der Waals surface area contributed by atoms with E-state index in [4.69, 9.17) is 24.7 Å². The summed E-state index contributed by atoms with van der Waals surface area (Å²) in [5, 5.41) is 10.5. The first-order valence-corrected chi connectivity index (χ1v) is 14.5. The summed E-state index contributed by atoms with van der Waals surface area (Å²) in [6, 6.07) is 0. The molecule has 0 aliphatic carbocycles. The van der Waals surface area contributed by atoms with Crippen molar-refractivity contribution in [3.63, 3.8) is 0 Å². The standard InChI is InChI=1S/C26H52N6O8.2ClH/c1-5-9-14-28-23(33)37-19-21(39-25(35)30-16-11-7-3)32(18-13-27)22(40-26(36)31-17-12-8-4)20-38-24(34)29-15-10-6-2;;/h21-22H,5-20,27H2,1-4H3,(H,28,33)(H,29,34)(H,30,35)(H,31,36);2*1H. The van der Waals surface area contributed by atoms with Gasteiger partial charge in [0, 0.05) is 39.3 Å². The molecule has 0 aromatic heterocycles. The van der Waals surface area contributed by atoms with E-state index >= 15 is 0 Å². The van der Waals surface area contributed by atoms with Crippen LogP contribution in [0.4, 0.5) is 19.2 Å². The van der Waals surface area contributed by atoms with Gasteiger partial charge in [0.15, 0.2) is 12.5 Å². The van der Waals surface area contributed by atoms with Crippen LogP contribution in [0.25, 0.3) is 0 Å². The van der Waals surface area contributed by atoms with Crippen LogP contribution in [-0.4, -0.2) is 94.2 Å². The number of nitrogens with zero attached hydrogens (tertiary/aromatic N) is 1. The van der Waals surface area contributed by atoms with Crippen molar-refractivity contribution in [2.45, 2.75) is 91.5 Å². The minimum atomic E-state index is -1.21. The summed E-state index contributed by atoms with van der Waals surface area (Å²) in [4.78, 5) is 51.0. The van der Waals surface area contributed by atoms with Crippen LogP contribution in [0.2, 0.25) is 0 Å². The summed E-state index contributed by atoms with van der Waals surface area (Å²) in [6.45, 7) is 8.92. The van der Waals surface area contributed by atoms with Crippen LogP contribution in [0, 0.1) is 0 Å². The number of nitrogens with two attached hydrogens (primary N) is 1. The molecule has 4 amide bonds. The number of hydrogen-bond acceptors (Lipinski definition) is 10. The third-order valence-corrected chi connectivity index (χ3v) is 5.53. The summed E-state index contributed by atoms with van der Waals surface area (Å²) in [7, 11) is 0. The molecule has 0 rings (SSSR count). The van der Waals surface area contributed by atoms with E-state index < -0.39 is 36.8 Å². The zero-order valence-corrected chi connectivity index (χ0v) is 27.2. The number of rotatable bonds is 22. The monoisotopic (exact) mass is 648 g/mol. The second-order valence-corrected chi connectivity index (χ2v) is 9.06. The highest BCUT2D eigenvalue weighted by Gasteiger charge is 2.33. The molecular formula is C26H54Cl2N6O8. The van der Waals surface area contributed by atoms with Crippen LogP contribution < -0.4 is 27.0 Å². The van der Waals surface area contributed by atoms with E-state index in [1.807, 2.05) is 27.7 Å². The highest BCUT2D eigenvalue weighted by Crippen LogP contribution is 2.12. The molecule has 0 aromatic rings. The molecule has 0 bridgehead atoms. The van der Waals surface area contributed by atoms with Gasteiger partial charge in [-0.3, -0.25) is 0 Å². The number of ether oxygens (including phenoxy) is 4. The summed E-state index contributed by atoms with van der Waals surface area (Å²) in [5.41, 5.74) is 5.84. The Balaban J connectivity index is -0.00000760. The number of hydrogen-bond donors (Lipinski definition) is 5. The lowest BCUT2D eigenvalue weighted by molar-refractivity contribution is -0.136. The van der Waals surface area contributed by atoms with Crippen LogP contribution >= 0.6 is 24.8 Å². The zero-order valence-electron chi connectivity index (χ0n) is 25.6. The summed E-state index contributed by atoms with van der Waals surface area (Å²) >= 11 is 0. The van der Waals surface area contributed by atoms with Crippen LogP contribution in [0.15, 0.2) is 0 Å². The smallest absolute Gasteiger partial charge is 0.408 e. The van der Waals surface area contributed by atoms with Gasteiger partial charge in [0.1, 0.15) is 13.2 Å². The summed E-state index contributed by atoms with van der Waals surface area (Å²) in [6.07, 6.45) is 1.24. The Morgan fingerprint density at radius 2 is 0.905 bits per heavy atom. The van der Waals surface area contributed by atoms with E-state index in [0.717, 1.165) is 51.4 Å². The molecule has 0 heterocycles. The number of alkyl carbamates (subject to hydrolysis) is 4. The SMILES string of the molecule is CCCCNC(=O)OCC(OC(=O)NCCCC)N(CCN)C(COC(=O)NCCCC)OC(=O)NCCCC.Cl.Cl. The highest BCUT2D eigenvalue weighted by molar-refractivity contribution is 5.85. The number of halogens is 2. The first-order valence-electron chi connectivity index (χ1n) is 14.5. The first-order chi connectivity index (χ1) is 19.3. The molecule has 6 N–H and O–H groups in total. The van der Waals surface area contributed by atoms with Crippen molar-refractivity contribution in [1.82, 2.24) is 26.2 Å². The third-order valence-electron chi connectivity index (χ3n) is 5.53. The minimum Gasteiger partial charge on any atom is -0.444 e. The van der Waals surface area contributed by atoms with Crippen molar-refractivity contribution in [2.24, 2.45) is 5.73 Å². The Bertz CT molecular complexity index is 658. The Labute approximate surface area is 263 Å². The molecule has 0 aromatic carbocycles. The molecule has 250 valence electrons. The number of nitrogens with one attached hydrogen (secondary N) is 4. The highest BCUT2D eigenvalue weighted by atomic mass is 35.5. The fraction of sp³-hybridized carbons (Fsp3) is 0.846. The molecule has 0 aliphatic heterocycles. The van der Waals surface area contributed by atoms with Crippen molar-refractivity contribution >= 4 is 49.2 Å². The Kier molecular flexibility index (Phi) is 31.5. The van der Waals surface area contributed by atoms with Crippen molar-refractivity contribution < 1.29 is 38.1 Å². The summed E-state index contributed by atoms with van der Waals surface area (Å²) in [5.74, 6) is 0. The largest absolute Gasteiger partial charge is 0.444 e. The number of carbonyl (C=O) groups is 4. The normalized spacial score (nSPS) is 11.6. The van der Waals surface area contributed by atoms with Gasteiger partial charge >= 0.3 is 24.4 Å². The van der Waals surface area contributed by atoms with Gasteiger partial charge < -0.3 is 45.9 Å². The van der Waals surface area contributed by atoms with Crippen LogP contribution in [0.1, 0.15) is 79.1 Å². The molecule has 42 heavy (non-hydrogen) atoms. The second-order valence-electron chi connectivity index (χ2n) is 9.06. The van der Waals surface area contributed by atoms with Crippen LogP contribution in [-0.2, 0) is 18.9 Å². The van der Waals surface area contributed by atoms with Gasteiger partial charge in [0.25, 0.3) is 0 Å². The molecule has 0 aliphatic rings. The Morgan fingerprint density at radius 3 is 1.19 bits per heavy atom. The molecule has 14 nitrogen and oxygen atoms in total. The van der Waals surface area contributed by atoms with Gasteiger partial charge in [-0.1, -0.05) is 53.4 Å². The van der Waals surface area contributed by atoms with Crippen LogP contribution in [0.3, 0.4) is 0 Å². The molecule has 2 atom stereocenters. The fourth-order valence-electron chi connectivity index (χ4n) is 3.21. The first kappa shape index (κ1) is 44.0. The lowest BCUT2D eigenvalue weighted by atomic mass is 10.3. The van der Waals surface area contributed by atoms with E-state index in [1.54, 1.807) is 0 Å². The average molecular weight is 650 g/mol. The number of unbranched alkanes of at least 4 members (excludes halogenated alkanes) is 4. The molecule has 0 saturated heterocycles. The number of carbonyl (C=O) groups excluding carboxylic acids is 4. The molecule has 0 fully saturated rings. The topological polar surface area (TPSA) is 183 Å². The zero-order chi connectivity index (χ0) is 30.0. The van der Waals surface area contributed by atoms with Gasteiger partial charge in [-0.25, -0.2) is 24.1 Å². The lowest BCUT2D eigenvalue weighted by Gasteiger charge is -2.35. The van der Waals surface area contributed by atoms with E-state index in [-0.39, 0.29) is 51.1 Å². The minimum absolute atomic E-state index is 0. The van der Waals surface area contributed by atoms with Crippen molar-refractivity contribution in [3.05, 3.63) is 0 Å². The van der Waals surface area contributed by atoms with Gasteiger partial charge in [-0.15, -0.1) is 24.8 Å². The maximum atomic E-state index is 12.6. The number of amides is 4. The Hall–Kier alpha value is -2.42. The molecule has 16 heteroatoms. The molecule has 0 saturated carbocycles. The van der Waals surface area contributed by atoms with Crippen LogP contribution in [0.5, 0.6) is 0 Å². The lowest BCUT2D eigenvalue weighted by Crippen LogP contribution is -2.55. The van der Waals surface area contributed by atoms with Gasteiger partial charge in [0.05, 0.1) is 0 Å². The van der Waals surface area contributed by atoms with Crippen molar-refractivity contribution in [2.75, 3.05) is 52.5 Å². The van der Waals surface area contributed by atoms with Crippen molar-refractivity contribution in [1.29, 1.82) is 0 Å². The predicted molar refractivity (Wildman–Crippen MR) is 165 cm³/mol. The van der Waals surface area contributed by atoms with Gasteiger partial charge in [-0.05, 0) is 25.7 Å². The molecule has 0 spiro atoms. The maximum Gasteiger partial charge on any atom is 0.408 e. The van der Waals surface area contributed by atoms with Gasteiger partial charge in [-0.2, -0.15) is 0 Å². The van der Waals surface area contributed by atoms with E-state index in [1.165, 1.54) is 4.90 Å². The Morgan fingerprint density at radius 1 is 0.595 bits per heavy atom. The van der Waals surface area contributed by atoms with E-state index in [2.05, 4.69) is 21.3 Å². The second kappa shape index (κ2) is 30.1. The molecule has 0 radical (unpaired) electrons. The van der Waals surface area contributed by atoms with Crippen molar-refractivity contribution in [3.8, 4) is 0 Å². The van der Waals surface area contributed by atoms with E-state index in [9.17, 15) is 19.2 Å². The average Bonchev–Trinajstić information content (AvgIpc) is 2.93. The predicted octanol–water partition coefficient (Wildman–Crippen LogP) is 3.85. The fourth-order valence-corrected chi connectivity index (χ4v) is 3.21.